The number of anilines is 1. The van der Waals surface area contributed by atoms with E-state index in [1.165, 1.54) is 17.3 Å². The molecular formula is C21H18ClN5OS. The van der Waals surface area contributed by atoms with E-state index in [-0.39, 0.29) is 11.7 Å². The van der Waals surface area contributed by atoms with Gasteiger partial charge in [-0.05, 0) is 43.7 Å². The summed E-state index contributed by atoms with van der Waals surface area (Å²) in [6.07, 6.45) is 0. The highest BCUT2D eigenvalue weighted by molar-refractivity contribution is 7.99. The van der Waals surface area contributed by atoms with Gasteiger partial charge < -0.3 is 5.32 Å². The molecule has 0 aliphatic rings. The third kappa shape index (κ3) is 4.26. The van der Waals surface area contributed by atoms with E-state index in [0.29, 0.717) is 21.5 Å². The summed E-state index contributed by atoms with van der Waals surface area (Å²) < 4.78 is 1.66. The molecule has 0 radical (unpaired) electrons. The molecule has 0 bridgehead atoms. The molecule has 6 nitrogen and oxygen atoms in total. The van der Waals surface area contributed by atoms with Crippen molar-refractivity contribution in [2.45, 2.75) is 19.0 Å². The fourth-order valence-electron chi connectivity index (χ4n) is 2.80. The van der Waals surface area contributed by atoms with Gasteiger partial charge in [0.2, 0.25) is 11.1 Å². The van der Waals surface area contributed by atoms with Crippen molar-refractivity contribution in [3.05, 3.63) is 70.7 Å². The summed E-state index contributed by atoms with van der Waals surface area (Å²) in [5.74, 6) is 0.0372. The molecule has 0 fully saturated rings. The van der Waals surface area contributed by atoms with Crippen LogP contribution in [0.1, 0.15) is 11.1 Å². The number of carbonyl (C=O) groups is 1. The molecular weight excluding hydrogens is 406 g/mol. The quantitative estimate of drug-likeness (QED) is 0.467. The summed E-state index contributed by atoms with van der Waals surface area (Å²) in [6, 6.07) is 17.4. The molecule has 146 valence electrons. The SMILES string of the molecule is Cc1ccc(-c2ccc3nnc(SCC(=O)Nc4cccc(Cl)c4C)n3n2)cc1. The maximum Gasteiger partial charge on any atom is 0.234 e. The van der Waals surface area contributed by atoms with Crippen LogP contribution in [-0.4, -0.2) is 31.5 Å². The van der Waals surface area contributed by atoms with Crippen LogP contribution in [0.4, 0.5) is 5.69 Å². The van der Waals surface area contributed by atoms with E-state index < -0.39 is 0 Å². The lowest BCUT2D eigenvalue weighted by Crippen LogP contribution is -2.15. The lowest BCUT2D eigenvalue weighted by molar-refractivity contribution is -0.113. The predicted molar refractivity (Wildman–Crippen MR) is 116 cm³/mol. The molecule has 0 aliphatic heterocycles. The van der Waals surface area contributed by atoms with Gasteiger partial charge in [0.25, 0.3) is 0 Å². The molecule has 8 heteroatoms. The number of thioether (sulfide) groups is 1. The zero-order valence-electron chi connectivity index (χ0n) is 15.9. The van der Waals surface area contributed by atoms with E-state index in [9.17, 15) is 4.79 Å². The number of benzene rings is 2. The number of hydrogen-bond donors (Lipinski definition) is 1. The molecule has 0 atom stereocenters. The summed E-state index contributed by atoms with van der Waals surface area (Å²) in [5, 5.41) is 17.0. The zero-order valence-corrected chi connectivity index (χ0v) is 17.5. The lowest BCUT2D eigenvalue weighted by atomic mass is 10.1. The largest absolute Gasteiger partial charge is 0.325 e. The van der Waals surface area contributed by atoms with Crippen LogP contribution in [0.3, 0.4) is 0 Å². The first kappa shape index (κ1) is 19.4. The molecule has 0 aliphatic carbocycles. The van der Waals surface area contributed by atoms with Crippen LogP contribution >= 0.6 is 23.4 Å². The Labute approximate surface area is 177 Å². The number of aromatic nitrogens is 4. The number of amides is 1. The number of carbonyl (C=O) groups excluding carboxylic acids is 1. The van der Waals surface area contributed by atoms with Gasteiger partial charge in [0.15, 0.2) is 5.65 Å². The number of aryl methyl sites for hydroxylation is 1. The van der Waals surface area contributed by atoms with Crippen LogP contribution in [0.5, 0.6) is 0 Å². The first-order chi connectivity index (χ1) is 14.0. The highest BCUT2D eigenvalue weighted by Crippen LogP contribution is 2.24. The van der Waals surface area contributed by atoms with Crippen molar-refractivity contribution in [3.8, 4) is 11.3 Å². The van der Waals surface area contributed by atoms with Gasteiger partial charge in [-0.3, -0.25) is 4.79 Å². The Hall–Kier alpha value is -2.90. The van der Waals surface area contributed by atoms with Crippen molar-refractivity contribution in [2.75, 3.05) is 11.1 Å². The molecule has 0 saturated carbocycles. The predicted octanol–water partition coefficient (Wildman–Crippen LogP) is 4.79. The third-order valence-electron chi connectivity index (χ3n) is 4.46. The molecule has 4 aromatic rings. The number of hydrogen-bond acceptors (Lipinski definition) is 5. The van der Waals surface area contributed by atoms with Gasteiger partial charge >= 0.3 is 0 Å². The fourth-order valence-corrected chi connectivity index (χ4v) is 3.66. The van der Waals surface area contributed by atoms with Crippen LogP contribution in [0.25, 0.3) is 16.9 Å². The minimum absolute atomic E-state index is 0.146. The molecule has 2 aromatic carbocycles. The van der Waals surface area contributed by atoms with Crippen molar-refractivity contribution in [1.82, 2.24) is 19.8 Å². The molecule has 4 rings (SSSR count). The van der Waals surface area contributed by atoms with Crippen LogP contribution in [0, 0.1) is 13.8 Å². The van der Waals surface area contributed by atoms with Crippen LogP contribution in [0.2, 0.25) is 5.02 Å². The van der Waals surface area contributed by atoms with Crippen LogP contribution in [-0.2, 0) is 4.79 Å². The van der Waals surface area contributed by atoms with Crippen molar-refractivity contribution in [2.24, 2.45) is 0 Å². The molecule has 2 aromatic heterocycles. The van der Waals surface area contributed by atoms with Gasteiger partial charge in [0.05, 0.1) is 11.4 Å². The number of halogens is 1. The average molecular weight is 424 g/mol. The first-order valence-corrected chi connectivity index (χ1v) is 10.3. The van der Waals surface area contributed by atoms with Crippen molar-refractivity contribution in [1.29, 1.82) is 0 Å². The zero-order chi connectivity index (χ0) is 20.4. The van der Waals surface area contributed by atoms with Crippen LogP contribution < -0.4 is 5.32 Å². The number of nitrogens with one attached hydrogen (secondary N) is 1. The topological polar surface area (TPSA) is 72.2 Å². The second-order valence-corrected chi connectivity index (χ2v) is 7.94. The first-order valence-electron chi connectivity index (χ1n) is 8.98. The Balaban J connectivity index is 1.50. The van der Waals surface area contributed by atoms with Gasteiger partial charge in [-0.2, -0.15) is 9.61 Å². The van der Waals surface area contributed by atoms with E-state index >= 15 is 0 Å². The summed E-state index contributed by atoms with van der Waals surface area (Å²) >= 11 is 7.39. The minimum Gasteiger partial charge on any atom is -0.325 e. The number of nitrogens with zero attached hydrogens (tertiary/aromatic N) is 4. The number of fused-ring (bicyclic) bond motifs is 1. The Morgan fingerprint density at radius 2 is 1.86 bits per heavy atom. The van der Waals surface area contributed by atoms with Gasteiger partial charge in [0, 0.05) is 16.3 Å². The molecule has 0 unspecified atom stereocenters. The molecule has 1 N–H and O–H groups in total. The molecule has 0 saturated heterocycles. The molecule has 2 heterocycles. The average Bonchev–Trinajstić information content (AvgIpc) is 3.13. The molecule has 29 heavy (non-hydrogen) atoms. The summed E-state index contributed by atoms with van der Waals surface area (Å²) in [4.78, 5) is 12.4. The monoisotopic (exact) mass is 423 g/mol. The van der Waals surface area contributed by atoms with Gasteiger partial charge in [0.1, 0.15) is 0 Å². The Bertz CT molecular complexity index is 1190. The fraction of sp³-hybridized carbons (Fsp3) is 0.143. The van der Waals surface area contributed by atoms with E-state index in [1.54, 1.807) is 16.6 Å². The van der Waals surface area contributed by atoms with Gasteiger partial charge in [-0.15, -0.1) is 10.2 Å². The minimum atomic E-state index is -0.146. The van der Waals surface area contributed by atoms with Crippen LogP contribution in [0.15, 0.2) is 59.8 Å². The highest BCUT2D eigenvalue weighted by Gasteiger charge is 2.13. The van der Waals surface area contributed by atoms with E-state index in [1.807, 2.05) is 56.3 Å². The Morgan fingerprint density at radius 3 is 2.66 bits per heavy atom. The normalized spacial score (nSPS) is 11.0. The van der Waals surface area contributed by atoms with E-state index in [0.717, 1.165) is 16.8 Å². The van der Waals surface area contributed by atoms with Gasteiger partial charge in [-0.1, -0.05) is 59.3 Å². The standard InChI is InChI=1S/C21H18ClN5OS/c1-13-6-8-15(9-7-13)18-10-11-19-24-25-21(27(19)26-18)29-12-20(28)23-17-5-3-4-16(22)14(17)2/h3-11H,12H2,1-2H3,(H,23,28). The van der Waals surface area contributed by atoms with E-state index in [2.05, 4.69) is 20.6 Å². The summed E-state index contributed by atoms with van der Waals surface area (Å²) in [5.41, 5.74) is 5.19. The van der Waals surface area contributed by atoms with E-state index in [4.69, 9.17) is 11.6 Å². The highest BCUT2D eigenvalue weighted by atomic mass is 35.5. The maximum atomic E-state index is 12.4. The third-order valence-corrected chi connectivity index (χ3v) is 5.78. The van der Waals surface area contributed by atoms with Crippen molar-refractivity contribution >= 4 is 40.6 Å². The molecule has 0 spiro atoms. The maximum absolute atomic E-state index is 12.4. The smallest absolute Gasteiger partial charge is 0.234 e. The van der Waals surface area contributed by atoms with Crippen molar-refractivity contribution < 1.29 is 4.79 Å². The lowest BCUT2D eigenvalue weighted by Gasteiger charge is -2.09. The van der Waals surface area contributed by atoms with Crippen molar-refractivity contribution in [3.63, 3.8) is 0 Å². The molecule has 1 amide bonds. The second kappa shape index (κ2) is 8.23. The summed E-state index contributed by atoms with van der Waals surface area (Å²) in [7, 11) is 0. The number of rotatable bonds is 5. The Morgan fingerprint density at radius 1 is 1.07 bits per heavy atom. The summed E-state index contributed by atoms with van der Waals surface area (Å²) in [6.45, 7) is 3.92. The Kier molecular flexibility index (Phi) is 5.51. The van der Waals surface area contributed by atoms with Gasteiger partial charge in [-0.25, -0.2) is 0 Å². The second-order valence-electron chi connectivity index (χ2n) is 6.59.